The molecule has 1 amide bonds. The maximum Gasteiger partial charge on any atom is 0.293 e. The normalized spacial score (nSPS) is 14.8. The number of aromatic nitrogens is 5. The Kier molecular flexibility index (Phi) is 7.31. The number of rotatable bonds is 8. The van der Waals surface area contributed by atoms with Gasteiger partial charge in [0.15, 0.2) is 5.69 Å². The summed E-state index contributed by atoms with van der Waals surface area (Å²) in [5, 5.41) is 19.8. The molecule has 11 heteroatoms. The van der Waals surface area contributed by atoms with E-state index in [2.05, 4.69) is 60.3 Å². The molecule has 0 bridgehead atoms. The van der Waals surface area contributed by atoms with Gasteiger partial charge in [0.2, 0.25) is 11.6 Å². The van der Waals surface area contributed by atoms with E-state index in [1.807, 2.05) is 37.3 Å². The van der Waals surface area contributed by atoms with Gasteiger partial charge in [-0.1, -0.05) is 65.4 Å². The lowest BCUT2D eigenvalue weighted by molar-refractivity contribution is 0.0946. The number of carbonyl (C=O) groups is 1. The molecule has 2 aromatic carbocycles. The van der Waals surface area contributed by atoms with Gasteiger partial charge in [-0.15, -0.1) is 5.10 Å². The molecular formula is C26H29N9O2. The highest BCUT2D eigenvalue weighted by Gasteiger charge is 2.27. The number of nitrogen functional groups attached to an aromatic ring is 1. The molecule has 11 nitrogen and oxygen atoms in total. The number of hydrogen-bond donors (Lipinski definition) is 2. The van der Waals surface area contributed by atoms with Crippen molar-refractivity contribution >= 4 is 17.9 Å². The number of hydrazone groups is 1. The van der Waals surface area contributed by atoms with Gasteiger partial charge in [-0.05, 0) is 66.6 Å². The fourth-order valence-electron chi connectivity index (χ4n) is 4.51. The Hall–Kier alpha value is -4.38. The third-order valence-electron chi connectivity index (χ3n) is 6.58. The fourth-order valence-corrected chi connectivity index (χ4v) is 4.51. The van der Waals surface area contributed by atoms with Crippen molar-refractivity contribution in [2.45, 2.75) is 32.7 Å². The molecule has 5 rings (SSSR count). The van der Waals surface area contributed by atoms with Crippen LogP contribution >= 0.6 is 0 Å². The van der Waals surface area contributed by atoms with Gasteiger partial charge in [0.1, 0.15) is 0 Å². The third kappa shape index (κ3) is 5.89. The molecule has 3 heterocycles. The monoisotopic (exact) mass is 499 g/mol. The van der Waals surface area contributed by atoms with Gasteiger partial charge in [-0.2, -0.15) is 9.78 Å². The van der Waals surface area contributed by atoms with Crippen molar-refractivity contribution in [1.29, 1.82) is 0 Å². The van der Waals surface area contributed by atoms with Gasteiger partial charge in [-0.25, -0.2) is 10.1 Å². The van der Waals surface area contributed by atoms with E-state index in [-0.39, 0.29) is 17.3 Å². The summed E-state index contributed by atoms with van der Waals surface area (Å²) in [4.78, 5) is 15.3. The summed E-state index contributed by atoms with van der Waals surface area (Å²) in [6.45, 7) is 4.24. The largest absolute Gasteiger partial charge is 0.378 e. The molecule has 37 heavy (non-hydrogen) atoms. The number of nitrogens with two attached hydrogens (primary N) is 1. The van der Waals surface area contributed by atoms with E-state index < -0.39 is 5.91 Å². The van der Waals surface area contributed by atoms with E-state index in [1.54, 1.807) is 6.21 Å². The second-order valence-electron chi connectivity index (χ2n) is 9.29. The van der Waals surface area contributed by atoms with Crippen LogP contribution in [0.4, 0.5) is 5.82 Å². The van der Waals surface area contributed by atoms with Crippen molar-refractivity contribution < 1.29 is 9.42 Å². The van der Waals surface area contributed by atoms with Crippen molar-refractivity contribution in [1.82, 2.24) is 35.6 Å². The van der Waals surface area contributed by atoms with Crippen LogP contribution in [0, 0.1) is 12.8 Å². The SMILES string of the molecule is Cc1ccc(/C=N\NC(=O)c2nnn(-c3nonc3N)c2CN2CCC(Cc3ccccc3)CC2)cc1. The van der Waals surface area contributed by atoms with Crippen LogP contribution < -0.4 is 11.2 Å². The maximum atomic E-state index is 13.0. The predicted octanol–water partition coefficient (Wildman–Crippen LogP) is 2.76. The Morgan fingerprint density at radius 3 is 2.59 bits per heavy atom. The van der Waals surface area contributed by atoms with E-state index in [0.29, 0.717) is 18.2 Å². The number of nitrogens with one attached hydrogen (secondary N) is 1. The number of nitrogens with zero attached hydrogens (tertiary/aromatic N) is 7. The van der Waals surface area contributed by atoms with E-state index in [1.165, 1.54) is 10.2 Å². The average Bonchev–Trinajstić information content (AvgIpc) is 3.52. The second kappa shape index (κ2) is 11.1. The minimum absolute atomic E-state index is 0.0667. The molecule has 1 aliphatic heterocycles. The summed E-state index contributed by atoms with van der Waals surface area (Å²) in [5.74, 6) is 0.412. The first-order valence-corrected chi connectivity index (χ1v) is 12.3. The molecular weight excluding hydrogens is 470 g/mol. The molecule has 190 valence electrons. The van der Waals surface area contributed by atoms with E-state index >= 15 is 0 Å². The van der Waals surface area contributed by atoms with Crippen LogP contribution in [0.5, 0.6) is 0 Å². The molecule has 3 N–H and O–H groups in total. The number of anilines is 1. The minimum Gasteiger partial charge on any atom is -0.378 e. The van der Waals surface area contributed by atoms with Gasteiger partial charge in [0.05, 0.1) is 11.9 Å². The number of piperidine rings is 1. The van der Waals surface area contributed by atoms with Crippen LogP contribution in [-0.4, -0.2) is 55.4 Å². The highest BCUT2D eigenvalue weighted by molar-refractivity contribution is 5.94. The molecule has 2 aromatic heterocycles. The Labute approximate surface area is 214 Å². The Morgan fingerprint density at radius 1 is 1.14 bits per heavy atom. The zero-order valence-corrected chi connectivity index (χ0v) is 20.6. The van der Waals surface area contributed by atoms with Crippen LogP contribution in [0.25, 0.3) is 5.82 Å². The molecule has 4 aromatic rings. The first-order chi connectivity index (χ1) is 18.1. The second-order valence-corrected chi connectivity index (χ2v) is 9.29. The molecule has 0 atom stereocenters. The molecule has 1 saturated heterocycles. The molecule has 1 fully saturated rings. The van der Waals surface area contributed by atoms with Crippen molar-refractivity contribution in [3.63, 3.8) is 0 Å². The maximum absolute atomic E-state index is 13.0. The lowest BCUT2D eigenvalue weighted by Gasteiger charge is -2.32. The van der Waals surface area contributed by atoms with Crippen molar-refractivity contribution in [3.05, 3.63) is 82.7 Å². The first kappa shape index (κ1) is 24.3. The van der Waals surface area contributed by atoms with Crippen LogP contribution in [0.3, 0.4) is 0 Å². The third-order valence-corrected chi connectivity index (χ3v) is 6.58. The standard InChI is InChI=1S/C26H29N9O2/c1-18-7-9-21(10-8-18)16-28-30-26(36)23-22(35(33-29-23)25-24(27)31-37-32-25)17-34-13-11-20(12-14-34)15-19-5-3-2-4-6-19/h2-10,16,20H,11-15,17H2,1H3,(H2,27,31)(H,30,36)/b28-16-. The van der Waals surface area contributed by atoms with Crippen molar-refractivity contribution in [2.75, 3.05) is 18.8 Å². The summed E-state index contributed by atoms with van der Waals surface area (Å²) in [6.07, 6.45) is 4.78. The van der Waals surface area contributed by atoms with Crippen LogP contribution in [0.15, 0.2) is 64.3 Å². The van der Waals surface area contributed by atoms with E-state index in [0.717, 1.165) is 43.5 Å². The number of carbonyl (C=O) groups excluding carboxylic acids is 1. The average molecular weight is 500 g/mol. The van der Waals surface area contributed by atoms with Crippen LogP contribution in [-0.2, 0) is 13.0 Å². The zero-order chi connectivity index (χ0) is 25.6. The summed E-state index contributed by atoms with van der Waals surface area (Å²) >= 11 is 0. The van der Waals surface area contributed by atoms with Gasteiger partial charge >= 0.3 is 0 Å². The smallest absolute Gasteiger partial charge is 0.293 e. The lowest BCUT2D eigenvalue weighted by Crippen LogP contribution is -2.35. The Morgan fingerprint density at radius 2 is 1.89 bits per heavy atom. The van der Waals surface area contributed by atoms with Crippen molar-refractivity contribution in [3.8, 4) is 5.82 Å². The number of hydrogen-bond acceptors (Lipinski definition) is 9. The summed E-state index contributed by atoms with van der Waals surface area (Å²) in [7, 11) is 0. The van der Waals surface area contributed by atoms with Crippen LogP contribution in [0.2, 0.25) is 0 Å². The van der Waals surface area contributed by atoms with E-state index in [4.69, 9.17) is 10.4 Å². The van der Waals surface area contributed by atoms with Gasteiger partial charge < -0.3 is 5.73 Å². The van der Waals surface area contributed by atoms with Gasteiger partial charge in [-0.3, -0.25) is 9.69 Å². The highest BCUT2D eigenvalue weighted by atomic mass is 16.6. The molecule has 0 saturated carbocycles. The van der Waals surface area contributed by atoms with Crippen LogP contribution in [0.1, 0.15) is 45.7 Å². The number of amides is 1. The predicted molar refractivity (Wildman–Crippen MR) is 138 cm³/mol. The summed E-state index contributed by atoms with van der Waals surface area (Å²) in [5.41, 5.74) is 12.5. The topological polar surface area (TPSA) is 140 Å². The molecule has 0 unspecified atom stereocenters. The summed E-state index contributed by atoms with van der Waals surface area (Å²) in [6, 6.07) is 18.4. The lowest BCUT2D eigenvalue weighted by atomic mass is 9.90. The molecule has 0 radical (unpaired) electrons. The van der Waals surface area contributed by atoms with E-state index in [9.17, 15) is 4.79 Å². The quantitative estimate of drug-likeness (QED) is 0.279. The van der Waals surface area contributed by atoms with Gasteiger partial charge in [0.25, 0.3) is 5.91 Å². The molecule has 0 spiro atoms. The molecule has 0 aliphatic carbocycles. The van der Waals surface area contributed by atoms with Gasteiger partial charge in [0, 0.05) is 6.54 Å². The summed E-state index contributed by atoms with van der Waals surface area (Å²) < 4.78 is 6.17. The highest BCUT2D eigenvalue weighted by Crippen LogP contribution is 2.24. The zero-order valence-electron chi connectivity index (χ0n) is 20.6. The number of aryl methyl sites for hydroxylation is 1. The molecule has 1 aliphatic rings. The first-order valence-electron chi connectivity index (χ1n) is 12.3. The Balaban J connectivity index is 1.29. The Bertz CT molecular complexity index is 1350. The fraction of sp³-hybridized carbons (Fsp3) is 0.308. The number of benzene rings is 2. The number of likely N-dealkylation sites (tertiary alicyclic amines) is 1. The van der Waals surface area contributed by atoms with Crippen molar-refractivity contribution in [2.24, 2.45) is 11.0 Å². The minimum atomic E-state index is -0.474.